The van der Waals surface area contributed by atoms with Crippen LogP contribution in [-0.2, 0) is 6.61 Å². The first kappa shape index (κ1) is 17.7. The summed E-state index contributed by atoms with van der Waals surface area (Å²) in [5.74, 6) is -0.317. The average Bonchev–Trinajstić information content (AvgIpc) is 2.94. The van der Waals surface area contributed by atoms with Crippen LogP contribution in [0.3, 0.4) is 0 Å². The van der Waals surface area contributed by atoms with Gasteiger partial charge in [0, 0.05) is 5.69 Å². The van der Waals surface area contributed by atoms with Gasteiger partial charge in [0.25, 0.3) is 5.91 Å². The summed E-state index contributed by atoms with van der Waals surface area (Å²) in [4.78, 5) is 12.6. The summed E-state index contributed by atoms with van der Waals surface area (Å²) in [6.45, 7) is 5.57. The Bertz CT molecular complexity index is 930. The largest absolute Gasteiger partial charge is 0.486 e. The number of halogens is 1. The number of rotatable bonds is 5. The topological polar surface area (TPSA) is 64.4 Å². The molecule has 0 aliphatic carbocycles. The lowest BCUT2D eigenvalue weighted by atomic mass is 10.1. The second kappa shape index (κ2) is 7.39. The van der Waals surface area contributed by atoms with Crippen LogP contribution < -0.4 is 10.1 Å². The Morgan fingerprint density at radius 2 is 1.85 bits per heavy atom. The summed E-state index contributed by atoms with van der Waals surface area (Å²) in [5, 5.41) is 6.64. The Balaban J connectivity index is 1.78. The molecule has 0 atom stereocenters. The number of nitrogens with zero attached hydrogens (tertiary/aromatic N) is 1. The summed E-state index contributed by atoms with van der Waals surface area (Å²) in [5.41, 5.74) is 3.36. The van der Waals surface area contributed by atoms with E-state index in [1.54, 1.807) is 19.1 Å². The fraction of sp³-hybridized carbons (Fsp3) is 0.200. The summed E-state index contributed by atoms with van der Waals surface area (Å²) < 4.78 is 24.3. The lowest BCUT2D eigenvalue weighted by molar-refractivity contribution is 0.101. The molecule has 0 saturated heterocycles. The third kappa shape index (κ3) is 3.91. The Hall–Kier alpha value is -3.15. The van der Waals surface area contributed by atoms with E-state index in [0.29, 0.717) is 17.0 Å². The van der Waals surface area contributed by atoms with Crippen molar-refractivity contribution in [2.45, 2.75) is 27.4 Å². The fourth-order valence-corrected chi connectivity index (χ4v) is 2.69. The first-order valence-corrected chi connectivity index (χ1v) is 8.16. The van der Waals surface area contributed by atoms with E-state index in [4.69, 9.17) is 9.26 Å². The first-order valence-electron chi connectivity index (χ1n) is 8.16. The second-order valence-electron chi connectivity index (χ2n) is 6.12. The zero-order chi connectivity index (χ0) is 18.7. The molecular weight excluding hydrogens is 335 g/mol. The maximum atomic E-state index is 13.7. The minimum absolute atomic E-state index is 0.0220. The van der Waals surface area contributed by atoms with Gasteiger partial charge >= 0.3 is 0 Å². The van der Waals surface area contributed by atoms with Crippen molar-refractivity contribution >= 4 is 11.6 Å². The van der Waals surface area contributed by atoms with Crippen LogP contribution in [0, 0.1) is 26.6 Å². The van der Waals surface area contributed by atoms with Crippen molar-refractivity contribution in [3.63, 3.8) is 0 Å². The molecule has 134 valence electrons. The Morgan fingerprint density at radius 1 is 1.15 bits per heavy atom. The molecule has 0 fully saturated rings. The SMILES string of the molecule is Cc1cc(C)cc(NC(=O)c2noc(C)c2COc2ccccc2F)c1. The van der Waals surface area contributed by atoms with Crippen molar-refractivity contribution in [2.24, 2.45) is 0 Å². The molecule has 1 heterocycles. The van der Waals surface area contributed by atoms with Crippen LogP contribution >= 0.6 is 0 Å². The highest BCUT2D eigenvalue weighted by Gasteiger charge is 2.21. The summed E-state index contributed by atoms with van der Waals surface area (Å²) >= 11 is 0. The van der Waals surface area contributed by atoms with Gasteiger partial charge < -0.3 is 14.6 Å². The molecule has 3 aromatic rings. The van der Waals surface area contributed by atoms with Gasteiger partial charge in [-0.3, -0.25) is 4.79 Å². The number of anilines is 1. The number of carbonyl (C=O) groups excluding carboxylic acids is 1. The van der Waals surface area contributed by atoms with Crippen molar-refractivity contribution in [3.8, 4) is 5.75 Å². The molecule has 5 nitrogen and oxygen atoms in total. The van der Waals surface area contributed by atoms with Gasteiger partial charge in [-0.1, -0.05) is 23.4 Å². The molecule has 1 aromatic heterocycles. The van der Waals surface area contributed by atoms with Gasteiger partial charge in [-0.15, -0.1) is 0 Å². The number of aromatic nitrogens is 1. The number of carbonyl (C=O) groups is 1. The third-order valence-corrected chi connectivity index (χ3v) is 3.89. The fourth-order valence-electron chi connectivity index (χ4n) is 2.69. The Labute approximate surface area is 150 Å². The highest BCUT2D eigenvalue weighted by atomic mass is 19.1. The lowest BCUT2D eigenvalue weighted by Gasteiger charge is -2.09. The van der Waals surface area contributed by atoms with Crippen molar-refractivity contribution in [1.82, 2.24) is 5.16 Å². The maximum absolute atomic E-state index is 13.7. The van der Waals surface area contributed by atoms with E-state index in [9.17, 15) is 9.18 Å². The van der Waals surface area contributed by atoms with Gasteiger partial charge in [-0.25, -0.2) is 4.39 Å². The quantitative estimate of drug-likeness (QED) is 0.729. The summed E-state index contributed by atoms with van der Waals surface area (Å²) in [7, 11) is 0. The van der Waals surface area contributed by atoms with Crippen molar-refractivity contribution in [1.29, 1.82) is 0 Å². The van der Waals surface area contributed by atoms with E-state index in [1.807, 2.05) is 32.0 Å². The molecule has 0 saturated carbocycles. The number of hydrogen-bond acceptors (Lipinski definition) is 4. The standard InChI is InChI=1S/C20H19FN2O3/c1-12-8-13(2)10-15(9-12)22-20(24)19-16(14(3)26-23-19)11-25-18-7-5-4-6-17(18)21/h4-10H,11H2,1-3H3,(H,22,24). The molecule has 0 spiro atoms. The van der Waals surface area contributed by atoms with Crippen LogP contribution in [0.5, 0.6) is 5.75 Å². The summed E-state index contributed by atoms with van der Waals surface area (Å²) in [6, 6.07) is 11.8. The minimum atomic E-state index is -0.470. The predicted molar refractivity (Wildman–Crippen MR) is 95.8 cm³/mol. The molecule has 1 N–H and O–H groups in total. The molecule has 6 heteroatoms. The number of hydrogen-bond donors (Lipinski definition) is 1. The monoisotopic (exact) mass is 354 g/mol. The van der Waals surface area contributed by atoms with E-state index < -0.39 is 11.7 Å². The number of aryl methyl sites for hydroxylation is 3. The number of benzene rings is 2. The van der Waals surface area contributed by atoms with Crippen LogP contribution in [-0.4, -0.2) is 11.1 Å². The van der Waals surface area contributed by atoms with Gasteiger partial charge in [0.1, 0.15) is 12.4 Å². The van der Waals surface area contributed by atoms with Crippen LogP contribution in [0.4, 0.5) is 10.1 Å². The number of nitrogens with one attached hydrogen (secondary N) is 1. The second-order valence-corrected chi connectivity index (χ2v) is 6.12. The molecule has 3 rings (SSSR count). The van der Waals surface area contributed by atoms with Crippen LogP contribution in [0.25, 0.3) is 0 Å². The van der Waals surface area contributed by atoms with Crippen LogP contribution in [0.2, 0.25) is 0 Å². The van der Waals surface area contributed by atoms with Gasteiger partial charge in [0.2, 0.25) is 0 Å². The Morgan fingerprint density at radius 3 is 2.54 bits per heavy atom. The van der Waals surface area contributed by atoms with E-state index in [1.165, 1.54) is 12.1 Å². The van der Waals surface area contributed by atoms with Gasteiger partial charge in [0.15, 0.2) is 17.3 Å². The summed E-state index contributed by atoms with van der Waals surface area (Å²) in [6.07, 6.45) is 0. The van der Waals surface area contributed by atoms with E-state index in [2.05, 4.69) is 10.5 Å². The Kier molecular flexibility index (Phi) is 5.02. The molecule has 0 aliphatic heterocycles. The normalized spacial score (nSPS) is 10.6. The molecule has 0 bridgehead atoms. The number of ether oxygens (including phenoxy) is 1. The molecule has 0 radical (unpaired) electrons. The smallest absolute Gasteiger partial charge is 0.278 e. The number of amides is 1. The van der Waals surface area contributed by atoms with Crippen molar-refractivity contribution < 1.29 is 18.4 Å². The maximum Gasteiger partial charge on any atom is 0.278 e. The van der Waals surface area contributed by atoms with Gasteiger partial charge in [0.05, 0.1) is 5.56 Å². The molecular formula is C20H19FN2O3. The highest BCUT2D eigenvalue weighted by Crippen LogP contribution is 2.21. The molecule has 0 aliphatic rings. The minimum Gasteiger partial charge on any atom is -0.486 e. The highest BCUT2D eigenvalue weighted by molar-refractivity contribution is 6.04. The van der Waals surface area contributed by atoms with E-state index in [-0.39, 0.29) is 18.1 Å². The van der Waals surface area contributed by atoms with Crippen molar-refractivity contribution in [2.75, 3.05) is 5.32 Å². The molecule has 1 amide bonds. The third-order valence-electron chi connectivity index (χ3n) is 3.89. The molecule has 0 unspecified atom stereocenters. The predicted octanol–water partition coefficient (Wildman–Crippen LogP) is 4.57. The average molecular weight is 354 g/mol. The van der Waals surface area contributed by atoms with Gasteiger partial charge in [-0.2, -0.15) is 0 Å². The van der Waals surface area contributed by atoms with Crippen molar-refractivity contribution in [3.05, 3.63) is 76.4 Å². The van der Waals surface area contributed by atoms with E-state index in [0.717, 1.165) is 11.1 Å². The van der Waals surface area contributed by atoms with Crippen LogP contribution in [0.1, 0.15) is 32.9 Å². The van der Waals surface area contributed by atoms with Crippen LogP contribution in [0.15, 0.2) is 47.0 Å². The zero-order valence-electron chi connectivity index (χ0n) is 14.8. The lowest BCUT2D eigenvalue weighted by Crippen LogP contribution is -2.15. The van der Waals surface area contributed by atoms with Gasteiger partial charge in [-0.05, 0) is 56.2 Å². The number of para-hydroxylation sites is 1. The molecule has 2 aromatic carbocycles. The van der Waals surface area contributed by atoms with E-state index >= 15 is 0 Å². The molecule has 26 heavy (non-hydrogen) atoms. The first-order chi connectivity index (χ1) is 12.4. The zero-order valence-corrected chi connectivity index (χ0v) is 14.8.